The van der Waals surface area contributed by atoms with Gasteiger partial charge >= 0.3 is 11.9 Å². The van der Waals surface area contributed by atoms with Crippen LogP contribution < -0.4 is 0 Å². The molecule has 1 aliphatic heterocycles. The maximum Gasteiger partial charge on any atom is 0.417 e. The average molecular weight is 243 g/mol. The third-order valence-electron chi connectivity index (χ3n) is 2.60. The van der Waals surface area contributed by atoms with Gasteiger partial charge in [0.15, 0.2) is 0 Å². The van der Waals surface area contributed by atoms with Crippen LogP contribution in [0.1, 0.15) is 33.1 Å². The fourth-order valence-electron chi connectivity index (χ4n) is 1.77. The Morgan fingerprint density at radius 3 is 2.35 bits per heavy atom. The van der Waals surface area contributed by atoms with E-state index in [0.717, 1.165) is 13.1 Å². The smallest absolute Gasteiger partial charge is 0.417 e. The summed E-state index contributed by atoms with van der Waals surface area (Å²) in [6.45, 7) is 6.44. The van der Waals surface area contributed by atoms with Gasteiger partial charge in [0.05, 0.1) is 6.10 Å². The van der Waals surface area contributed by atoms with Crippen molar-refractivity contribution in [2.75, 3.05) is 26.2 Å². The largest absolute Gasteiger partial charge is 0.456 e. The number of piperidine rings is 1. The summed E-state index contributed by atoms with van der Waals surface area (Å²) in [5.74, 6) is -1.80. The number of likely N-dealkylation sites (tertiary alicyclic amines) is 1. The lowest BCUT2D eigenvalue weighted by Gasteiger charge is -2.25. The highest BCUT2D eigenvalue weighted by atomic mass is 16.6. The highest BCUT2D eigenvalue weighted by Crippen LogP contribution is 2.07. The molecule has 0 aromatic heterocycles. The number of ether oxygens (including phenoxy) is 2. The maximum absolute atomic E-state index is 11.2. The first-order valence-electron chi connectivity index (χ1n) is 6.19. The second-order valence-corrected chi connectivity index (χ2v) is 4.49. The number of hydrogen-bond donors (Lipinski definition) is 0. The Morgan fingerprint density at radius 1 is 1.12 bits per heavy atom. The van der Waals surface area contributed by atoms with Gasteiger partial charge in [0.25, 0.3) is 0 Å². The second kappa shape index (κ2) is 7.27. The minimum absolute atomic E-state index is 0.256. The van der Waals surface area contributed by atoms with Crippen LogP contribution in [0.2, 0.25) is 0 Å². The minimum atomic E-state index is -0.904. The number of nitrogens with zero attached hydrogens (tertiary/aromatic N) is 1. The lowest BCUT2D eigenvalue weighted by Crippen LogP contribution is -2.34. The number of carbonyl (C=O) groups excluding carboxylic acids is 2. The lowest BCUT2D eigenvalue weighted by atomic mass is 10.1. The van der Waals surface area contributed by atoms with E-state index in [9.17, 15) is 9.59 Å². The average Bonchev–Trinajstić information content (AvgIpc) is 2.29. The lowest BCUT2D eigenvalue weighted by molar-refractivity contribution is -0.170. The number of esters is 2. The molecule has 0 N–H and O–H groups in total. The van der Waals surface area contributed by atoms with E-state index in [1.807, 2.05) is 0 Å². The topological polar surface area (TPSA) is 55.8 Å². The Bertz CT molecular complexity index is 259. The van der Waals surface area contributed by atoms with Gasteiger partial charge in [-0.1, -0.05) is 6.42 Å². The Kier molecular flexibility index (Phi) is 5.97. The van der Waals surface area contributed by atoms with E-state index < -0.39 is 11.9 Å². The Morgan fingerprint density at radius 2 is 1.76 bits per heavy atom. The molecule has 0 saturated carbocycles. The Hall–Kier alpha value is -1.10. The quantitative estimate of drug-likeness (QED) is 0.544. The van der Waals surface area contributed by atoms with Crippen molar-refractivity contribution in [1.82, 2.24) is 4.90 Å². The number of carbonyl (C=O) groups is 2. The summed E-state index contributed by atoms with van der Waals surface area (Å²) in [4.78, 5) is 24.6. The molecular weight excluding hydrogens is 222 g/mol. The zero-order valence-corrected chi connectivity index (χ0v) is 10.6. The van der Waals surface area contributed by atoms with Crippen molar-refractivity contribution < 1.29 is 19.1 Å². The Labute approximate surface area is 102 Å². The maximum atomic E-state index is 11.2. The molecule has 5 nitrogen and oxygen atoms in total. The predicted octanol–water partition coefficient (Wildman–Crippen LogP) is 0.967. The SMILES string of the molecule is CC(C)OC(=O)C(=O)OCCN1CCCCC1. The zero-order valence-electron chi connectivity index (χ0n) is 10.6. The van der Waals surface area contributed by atoms with Gasteiger partial charge in [0, 0.05) is 6.54 Å². The van der Waals surface area contributed by atoms with Gasteiger partial charge < -0.3 is 9.47 Å². The van der Waals surface area contributed by atoms with Crippen molar-refractivity contribution in [3.05, 3.63) is 0 Å². The molecule has 98 valence electrons. The van der Waals surface area contributed by atoms with Crippen LogP contribution in [-0.2, 0) is 19.1 Å². The molecule has 0 atom stereocenters. The van der Waals surface area contributed by atoms with E-state index >= 15 is 0 Å². The molecule has 0 spiro atoms. The summed E-state index contributed by atoms with van der Waals surface area (Å²) in [6.07, 6.45) is 3.38. The normalized spacial score (nSPS) is 16.9. The summed E-state index contributed by atoms with van der Waals surface area (Å²) < 4.78 is 9.58. The van der Waals surface area contributed by atoms with Crippen molar-refractivity contribution in [3.8, 4) is 0 Å². The molecule has 0 aliphatic carbocycles. The molecule has 1 rings (SSSR count). The number of hydrogen-bond acceptors (Lipinski definition) is 5. The molecule has 0 radical (unpaired) electrons. The van der Waals surface area contributed by atoms with Gasteiger partial charge in [-0.3, -0.25) is 4.90 Å². The molecule has 0 unspecified atom stereocenters. The summed E-state index contributed by atoms with van der Waals surface area (Å²) in [5, 5.41) is 0. The molecule has 17 heavy (non-hydrogen) atoms. The third-order valence-corrected chi connectivity index (χ3v) is 2.60. The minimum Gasteiger partial charge on any atom is -0.456 e. The van der Waals surface area contributed by atoms with E-state index in [-0.39, 0.29) is 12.7 Å². The third kappa shape index (κ3) is 5.68. The van der Waals surface area contributed by atoms with Crippen LogP contribution in [0.3, 0.4) is 0 Å². The van der Waals surface area contributed by atoms with Crippen LogP contribution in [0.5, 0.6) is 0 Å². The molecule has 0 aromatic carbocycles. The molecule has 0 aromatic rings. The molecule has 1 saturated heterocycles. The van der Waals surface area contributed by atoms with E-state index in [2.05, 4.69) is 4.90 Å². The molecule has 1 aliphatic rings. The highest BCUT2D eigenvalue weighted by Gasteiger charge is 2.19. The van der Waals surface area contributed by atoms with E-state index in [4.69, 9.17) is 9.47 Å². The zero-order chi connectivity index (χ0) is 12.7. The van der Waals surface area contributed by atoms with Crippen molar-refractivity contribution in [2.24, 2.45) is 0 Å². The van der Waals surface area contributed by atoms with Crippen molar-refractivity contribution in [3.63, 3.8) is 0 Å². The highest BCUT2D eigenvalue weighted by molar-refractivity contribution is 6.29. The fraction of sp³-hybridized carbons (Fsp3) is 0.833. The molecule has 1 heterocycles. The van der Waals surface area contributed by atoms with Crippen molar-refractivity contribution in [1.29, 1.82) is 0 Å². The van der Waals surface area contributed by atoms with Gasteiger partial charge in [-0.25, -0.2) is 9.59 Å². The van der Waals surface area contributed by atoms with Crippen molar-refractivity contribution >= 4 is 11.9 Å². The van der Waals surface area contributed by atoms with Crippen molar-refractivity contribution in [2.45, 2.75) is 39.2 Å². The first kappa shape index (κ1) is 14.0. The number of rotatable bonds is 4. The predicted molar refractivity (Wildman–Crippen MR) is 62.5 cm³/mol. The summed E-state index contributed by atoms with van der Waals surface area (Å²) in [7, 11) is 0. The van der Waals surface area contributed by atoms with Crippen LogP contribution in [0.15, 0.2) is 0 Å². The van der Waals surface area contributed by atoms with E-state index in [1.54, 1.807) is 13.8 Å². The van der Waals surface area contributed by atoms with Crippen LogP contribution in [0, 0.1) is 0 Å². The van der Waals surface area contributed by atoms with Gasteiger partial charge in [-0.2, -0.15) is 0 Å². The first-order chi connectivity index (χ1) is 8.09. The summed E-state index contributed by atoms with van der Waals surface area (Å²) >= 11 is 0. The van der Waals surface area contributed by atoms with Gasteiger partial charge in [-0.15, -0.1) is 0 Å². The fourth-order valence-corrected chi connectivity index (χ4v) is 1.77. The van der Waals surface area contributed by atoms with Crippen LogP contribution in [0.25, 0.3) is 0 Å². The summed E-state index contributed by atoms with van der Waals surface area (Å²) in [5.41, 5.74) is 0. The molecule has 1 fully saturated rings. The van der Waals surface area contributed by atoms with Gasteiger partial charge in [0.1, 0.15) is 6.61 Å². The molecule has 0 bridgehead atoms. The molecule has 5 heteroatoms. The van der Waals surface area contributed by atoms with Gasteiger partial charge in [-0.05, 0) is 39.8 Å². The second-order valence-electron chi connectivity index (χ2n) is 4.49. The van der Waals surface area contributed by atoms with Gasteiger partial charge in [0.2, 0.25) is 0 Å². The van der Waals surface area contributed by atoms with Crippen LogP contribution in [-0.4, -0.2) is 49.2 Å². The summed E-state index contributed by atoms with van der Waals surface area (Å²) in [6, 6.07) is 0. The molecular formula is C12H21NO4. The standard InChI is InChI=1S/C12H21NO4/c1-10(2)17-12(15)11(14)16-9-8-13-6-4-3-5-7-13/h10H,3-9H2,1-2H3. The monoisotopic (exact) mass is 243 g/mol. The first-order valence-corrected chi connectivity index (χ1v) is 6.19. The van der Waals surface area contributed by atoms with E-state index in [1.165, 1.54) is 19.3 Å². The van der Waals surface area contributed by atoms with Crippen LogP contribution in [0.4, 0.5) is 0 Å². The molecule has 0 amide bonds. The van der Waals surface area contributed by atoms with E-state index in [0.29, 0.717) is 6.54 Å². The van der Waals surface area contributed by atoms with Crippen LogP contribution >= 0.6 is 0 Å². The Balaban J connectivity index is 2.12.